The molecule has 0 amide bonds. The number of rotatable bonds is 11. The molecule has 0 saturated heterocycles. The van der Waals surface area contributed by atoms with Gasteiger partial charge < -0.3 is 9.47 Å². The van der Waals surface area contributed by atoms with Gasteiger partial charge in [-0.3, -0.25) is 4.79 Å². The number of ether oxygens (including phenoxy) is 2. The molecule has 0 unspecified atom stereocenters. The number of hydrogen-bond donors (Lipinski definition) is 0. The lowest BCUT2D eigenvalue weighted by molar-refractivity contribution is -0.134. The normalized spacial score (nSPS) is 11.1. The van der Waals surface area contributed by atoms with E-state index < -0.39 is 81.6 Å². The second kappa shape index (κ2) is 12.0. The van der Waals surface area contributed by atoms with Crippen LogP contribution in [0.2, 0.25) is 0 Å². The van der Waals surface area contributed by atoms with E-state index in [4.69, 9.17) is 4.74 Å². The van der Waals surface area contributed by atoms with Crippen LogP contribution >= 0.6 is 0 Å². The summed E-state index contributed by atoms with van der Waals surface area (Å²) in [5, 5.41) is 0. The molecule has 3 nitrogen and oxygen atoms in total. The van der Waals surface area contributed by atoms with Gasteiger partial charge in [-0.05, 0) is 6.42 Å². The smallest absolute Gasteiger partial charge is 0.311 e. The van der Waals surface area contributed by atoms with Crippen molar-refractivity contribution in [3.05, 3.63) is 46.5 Å². The second-order valence-corrected chi connectivity index (χ2v) is 7.36. The first-order valence-corrected chi connectivity index (χ1v) is 10.6. The molecule has 188 valence electrons. The highest BCUT2D eigenvalue weighted by atomic mass is 19.2. The summed E-state index contributed by atoms with van der Waals surface area (Å²) in [7, 11) is 0. The molecular weight excluding hydrogens is 476 g/mol. The number of unbranched alkanes of at least 4 members (excludes halogenated alkanes) is 5. The van der Waals surface area contributed by atoms with Gasteiger partial charge in [0.25, 0.3) is 0 Å². The molecule has 0 aromatic heterocycles. The van der Waals surface area contributed by atoms with Gasteiger partial charge in [0.1, 0.15) is 0 Å². The average molecular weight is 498 g/mol. The summed E-state index contributed by atoms with van der Waals surface area (Å²) < 4.78 is 124. The first-order chi connectivity index (χ1) is 16.1. The maximum Gasteiger partial charge on any atom is 0.311 e. The summed E-state index contributed by atoms with van der Waals surface area (Å²) in [5.74, 6) is -23.0. The molecule has 0 spiro atoms. The van der Waals surface area contributed by atoms with Crippen molar-refractivity contribution in [1.82, 2.24) is 0 Å². The van der Waals surface area contributed by atoms with Crippen molar-refractivity contribution in [3.8, 4) is 22.6 Å². The van der Waals surface area contributed by atoms with Crippen LogP contribution in [0.3, 0.4) is 0 Å². The predicted molar refractivity (Wildman–Crippen MR) is 106 cm³/mol. The van der Waals surface area contributed by atoms with Crippen molar-refractivity contribution in [3.63, 3.8) is 0 Å². The van der Waals surface area contributed by atoms with E-state index in [0.29, 0.717) is 12.8 Å². The first-order valence-electron chi connectivity index (χ1n) is 10.6. The Morgan fingerprint density at radius 3 is 1.44 bits per heavy atom. The number of hydrogen-bond acceptors (Lipinski definition) is 3. The molecule has 0 atom stereocenters. The zero-order chi connectivity index (χ0) is 25.6. The monoisotopic (exact) mass is 498 g/mol. The lowest BCUT2D eigenvalue weighted by Gasteiger charge is -2.16. The molecule has 11 heteroatoms. The number of esters is 1. The van der Waals surface area contributed by atoms with Gasteiger partial charge in [0, 0.05) is 6.42 Å². The molecule has 0 heterocycles. The van der Waals surface area contributed by atoms with Gasteiger partial charge in [-0.15, -0.1) is 0 Å². The van der Waals surface area contributed by atoms with Crippen LogP contribution in [0.25, 0.3) is 11.1 Å². The average Bonchev–Trinajstić information content (AvgIpc) is 2.82. The summed E-state index contributed by atoms with van der Waals surface area (Å²) in [6, 6.07) is 0. The quantitative estimate of drug-likeness (QED) is 0.106. The van der Waals surface area contributed by atoms with E-state index in [1.165, 1.54) is 6.92 Å². The summed E-state index contributed by atoms with van der Waals surface area (Å²) in [6.07, 6.45) is 4.24. The van der Waals surface area contributed by atoms with E-state index in [1.54, 1.807) is 0 Å². The van der Waals surface area contributed by atoms with E-state index >= 15 is 0 Å². The van der Waals surface area contributed by atoms with Gasteiger partial charge in [-0.2, -0.15) is 17.6 Å². The Hall–Kier alpha value is -2.85. The fourth-order valence-electron chi connectivity index (χ4n) is 3.12. The minimum atomic E-state index is -2.42. The summed E-state index contributed by atoms with van der Waals surface area (Å²) in [5.41, 5.74) is -4.08. The highest BCUT2D eigenvalue weighted by molar-refractivity contribution is 5.74. The van der Waals surface area contributed by atoms with Crippen molar-refractivity contribution in [2.75, 3.05) is 6.61 Å². The SMILES string of the molecule is CCCCCCCCOc1c(F)c(F)c(-c2c(F)c(F)c(OC(=O)CC)c(F)c2F)c(F)c1F. The lowest BCUT2D eigenvalue weighted by atomic mass is 10.0. The minimum Gasteiger partial charge on any atom is -0.487 e. The summed E-state index contributed by atoms with van der Waals surface area (Å²) in [6.45, 7) is 2.92. The standard InChI is InChI=1S/C23H22F8O3/c1-3-5-6-7-8-9-10-33-22-18(28)14(24)12(15(25)19(22)29)13-16(26)20(30)23(21(31)17(13)27)34-11(32)4-2/h3-10H2,1-2H3. The van der Waals surface area contributed by atoms with E-state index in [1.807, 2.05) is 6.92 Å². The highest BCUT2D eigenvalue weighted by Gasteiger charge is 2.35. The van der Waals surface area contributed by atoms with Gasteiger partial charge in [0.05, 0.1) is 17.7 Å². The van der Waals surface area contributed by atoms with E-state index in [-0.39, 0.29) is 6.61 Å². The van der Waals surface area contributed by atoms with E-state index in [2.05, 4.69) is 4.74 Å². The molecule has 2 rings (SSSR count). The molecule has 2 aromatic carbocycles. The summed E-state index contributed by atoms with van der Waals surface area (Å²) in [4.78, 5) is 11.2. The van der Waals surface area contributed by atoms with Gasteiger partial charge in [0.2, 0.25) is 29.0 Å². The third kappa shape index (κ3) is 5.61. The molecule has 2 aromatic rings. The number of carbonyl (C=O) groups is 1. The Balaban J connectivity index is 2.45. The van der Waals surface area contributed by atoms with Crippen molar-refractivity contribution in [2.45, 2.75) is 58.8 Å². The molecule has 0 aliphatic carbocycles. The maximum absolute atomic E-state index is 14.6. The molecule has 0 radical (unpaired) electrons. The van der Waals surface area contributed by atoms with Crippen molar-refractivity contribution >= 4 is 5.97 Å². The van der Waals surface area contributed by atoms with Crippen LogP contribution in [0.5, 0.6) is 11.5 Å². The zero-order valence-electron chi connectivity index (χ0n) is 18.4. The molecule has 0 aliphatic rings. The molecule has 0 aliphatic heterocycles. The van der Waals surface area contributed by atoms with Crippen molar-refractivity contribution in [1.29, 1.82) is 0 Å². The van der Waals surface area contributed by atoms with Gasteiger partial charge >= 0.3 is 5.97 Å². The van der Waals surface area contributed by atoms with Crippen molar-refractivity contribution < 1.29 is 49.4 Å². The molecule has 0 saturated carbocycles. The van der Waals surface area contributed by atoms with Gasteiger partial charge in [-0.1, -0.05) is 46.0 Å². The van der Waals surface area contributed by atoms with Crippen LogP contribution < -0.4 is 9.47 Å². The van der Waals surface area contributed by atoms with Crippen LogP contribution in [0.15, 0.2) is 0 Å². The largest absolute Gasteiger partial charge is 0.487 e. The third-order valence-corrected chi connectivity index (χ3v) is 4.95. The molecule has 0 fully saturated rings. The van der Waals surface area contributed by atoms with Crippen LogP contribution in [-0.4, -0.2) is 12.6 Å². The fourth-order valence-corrected chi connectivity index (χ4v) is 3.12. The number of carbonyl (C=O) groups excluding carboxylic acids is 1. The Kier molecular flexibility index (Phi) is 9.69. The van der Waals surface area contributed by atoms with Crippen LogP contribution in [0, 0.1) is 46.5 Å². The van der Waals surface area contributed by atoms with Crippen LogP contribution in [0.1, 0.15) is 58.8 Å². The number of benzene rings is 2. The second-order valence-electron chi connectivity index (χ2n) is 7.36. The molecule has 34 heavy (non-hydrogen) atoms. The summed E-state index contributed by atoms with van der Waals surface area (Å²) >= 11 is 0. The topological polar surface area (TPSA) is 35.5 Å². The highest BCUT2D eigenvalue weighted by Crippen LogP contribution is 2.41. The van der Waals surface area contributed by atoms with E-state index in [9.17, 15) is 39.9 Å². The minimum absolute atomic E-state index is 0.304. The molecule has 0 N–H and O–H groups in total. The zero-order valence-corrected chi connectivity index (χ0v) is 18.4. The Bertz CT molecular complexity index is 997. The molecule has 0 bridgehead atoms. The lowest BCUT2D eigenvalue weighted by Crippen LogP contribution is -2.13. The van der Waals surface area contributed by atoms with Gasteiger partial charge in [0.15, 0.2) is 29.0 Å². The van der Waals surface area contributed by atoms with Crippen molar-refractivity contribution in [2.24, 2.45) is 0 Å². The van der Waals surface area contributed by atoms with E-state index in [0.717, 1.165) is 25.7 Å². The molecular formula is C23H22F8O3. The maximum atomic E-state index is 14.6. The van der Waals surface area contributed by atoms with Gasteiger partial charge in [-0.25, -0.2) is 17.6 Å². The Labute approximate surface area is 190 Å². The van der Waals surface area contributed by atoms with Crippen LogP contribution in [-0.2, 0) is 4.79 Å². The number of halogens is 8. The Morgan fingerprint density at radius 2 is 1.00 bits per heavy atom. The van der Waals surface area contributed by atoms with Crippen LogP contribution in [0.4, 0.5) is 35.1 Å². The third-order valence-electron chi connectivity index (χ3n) is 4.95. The first kappa shape index (κ1) is 27.4. The fraction of sp³-hybridized carbons (Fsp3) is 0.435. The Morgan fingerprint density at radius 1 is 0.588 bits per heavy atom. The predicted octanol–water partition coefficient (Wildman–Crippen LogP) is 7.52.